The molecule has 0 unspecified atom stereocenters. The van der Waals surface area contributed by atoms with E-state index in [0.29, 0.717) is 18.1 Å². The number of carbonyl (C=O) groups is 1. The Labute approximate surface area is 117 Å². The lowest BCUT2D eigenvalue weighted by molar-refractivity contribution is 0.0696. The highest BCUT2D eigenvalue weighted by Gasteiger charge is 2.11. The predicted molar refractivity (Wildman–Crippen MR) is 76.9 cm³/mol. The first-order valence-electron chi connectivity index (χ1n) is 6.46. The molecule has 104 valence electrons. The van der Waals surface area contributed by atoms with Crippen molar-refractivity contribution in [2.45, 2.75) is 20.4 Å². The molecule has 2 aromatic rings. The fourth-order valence-corrected chi connectivity index (χ4v) is 2.00. The molecular weight excluding hydrogens is 254 g/mol. The maximum Gasteiger partial charge on any atom is 0.335 e. The second-order valence-electron chi connectivity index (χ2n) is 4.53. The maximum absolute atomic E-state index is 11.1. The number of aromatic nitrogens is 2. The van der Waals surface area contributed by atoms with Crippen LogP contribution in [-0.4, -0.2) is 27.6 Å². The van der Waals surface area contributed by atoms with Crippen LogP contribution in [-0.2, 0) is 6.54 Å². The number of rotatable bonds is 5. The van der Waals surface area contributed by atoms with Gasteiger partial charge in [-0.2, -0.15) is 0 Å². The number of carboxylic acids is 1. The predicted octanol–water partition coefficient (Wildman–Crippen LogP) is 2.51. The molecule has 20 heavy (non-hydrogen) atoms. The molecule has 0 atom stereocenters. The fourth-order valence-electron chi connectivity index (χ4n) is 2.00. The summed E-state index contributed by atoms with van der Waals surface area (Å²) in [6.45, 7) is 5.24. The summed E-state index contributed by atoms with van der Waals surface area (Å²) in [5, 5.41) is 9.12. The molecule has 0 bridgehead atoms. The highest BCUT2D eigenvalue weighted by molar-refractivity contribution is 5.88. The molecule has 0 amide bonds. The van der Waals surface area contributed by atoms with Crippen LogP contribution in [0.3, 0.4) is 0 Å². The Bertz CT molecular complexity index is 599. The van der Waals surface area contributed by atoms with Gasteiger partial charge in [-0.1, -0.05) is 0 Å². The van der Waals surface area contributed by atoms with E-state index in [1.807, 2.05) is 24.0 Å². The van der Waals surface area contributed by atoms with Crippen LogP contribution in [0.1, 0.15) is 28.5 Å². The summed E-state index contributed by atoms with van der Waals surface area (Å²) in [6, 6.07) is 7.07. The van der Waals surface area contributed by atoms with Gasteiger partial charge in [0, 0.05) is 31.2 Å². The third-order valence-electron chi connectivity index (χ3n) is 3.02. The van der Waals surface area contributed by atoms with Crippen LogP contribution in [0.4, 0.5) is 5.82 Å². The number of pyridine rings is 2. The van der Waals surface area contributed by atoms with Gasteiger partial charge in [0.2, 0.25) is 0 Å². The third kappa shape index (κ3) is 3.32. The summed E-state index contributed by atoms with van der Waals surface area (Å²) in [6.07, 6.45) is 3.49. The van der Waals surface area contributed by atoms with E-state index in [-0.39, 0.29) is 5.56 Å². The number of hydrogen-bond donors (Lipinski definition) is 1. The zero-order valence-electron chi connectivity index (χ0n) is 11.6. The van der Waals surface area contributed by atoms with Gasteiger partial charge in [-0.3, -0.25) is 4.98 Å². The van der Waals surface area contributed by atoms with E-state index in [9.17, 15) is 4.79 Å². The Hall–Kier alpha value is -2.43. The zero-order valence-corrected chi connectivity index (χ0v) is 11.6. The Morgan fingerprint density at radius 1 is 1.30 bits per heavy atom. The summed E-state index contributed by atoms with van der Waals surface area (Å²) < 4.78 is 0. The first-order valence-corrected chi connectivity index (χ1v) is 6.46. The topological polar surface area (TPSA) is 66.3 Å². The van der Waals surface area contributed by atoms with E-state index in [1.165, 1.54) is 0 Å². The summed E-state index contributed by atoms with van der Waals surface area (Å²) in [5.74, 6) is -0.251. The summed E-state index contributed by atoms with van der Waals surface area (Å²) in [4.78, 5) is 21.6. The summed E-state index contributed by atoms with van der Waals surface area (Å²) in [7, 11) is 0. The molecule has 0 aliphatic carbocycles. The molecule has 2 aromatic heterocycles. The van der Waals surface area contributed by atoms with Crippen molar-refractivity contribution in [1.82, 2.24) is 9.97 Å². The van der Waals surface area contributed by atoms with E-state index in [4.69, 9.17) is 5.11 Å². The second-order valence-corrected chi connectivity index (χ2v) is 4.53. The van der Waals surface area contributed by atoms with Crippen molar-refractivity contribution in [3.05, 3.63) is 53.5 Å². The van der Waals surface area contributed by atoms with Gasteiger partial charge >= 0.3 is 5.97 Å². The van der Waals surface area contributed by atoms with Crippen LogP contribution in [0, 0.1) is 6.92 Å². The molecule has 0 aliphatic rings. The van der Waals surface area contributed by atoms with Crippen molar-refractivity contribution >= 4 is 11.8 Å². The number of anilines is 1. The van der Waals surface area contributed by atoms with Crippen LogP contribution < -0.4 is 4.90 Å². The molecular formula is C15H17N3O2. The molecule has 0 aromatic carbocycles. The monoisotopic (exact) mass is 271 g/mol. The Morgan fingerprint density at radius 3 is 2.60 bits per heavy atom. The van der Waals surface area contributed by atoms with Crippen molar-refractivity contribution < 1.29 is 9.90 Å². The van der Waals surface area contributed by atoms with Crippen LogP contribution >= 0.6 is 0 Å². The number of hydrogen-bond acceptors (Lipinski definition) is 4. The molecule has 0 fully saturated rings. The van der Waals surface area contributed by atoms with E-state index >= 15 is 0 Å². The average Bonchev–Trinajstić information content (AvgIpc) is 2.45. The smallest absolute Gasteiger partial charge is 0.335 e. The SMILES string of the molecule is CCN(Cc1ccncc1)c1cc(C(=O)O)cc(C)n1. The number of aromatic carboxylic acids is 1. The molecule has 0 aliphatic heterocycles. The standard InChI is InChI=1S/C15H17N3O2/c1-3-18(10-12-4-6-16-7-5-12)14-9-13(15(19)20)8-11(2)17-14/h4-9H,3,10H2,1-2H3,(H,19,20). The van der Waals surface area contributed by atoms with E-state index in [0.717, 1.165) is 12.1 Å². The molecule has 2 heterocycles. The van der Waals surface area contributed by atoms with Crippen molar-refractivity contribution in [2.75, 3.05) is 11.4 Å². The minimum atomic E-state index is -0.934. The first kappa shape index (κ1) is 14.0. The van der Waals surface area contributed by atoms with Crippen molar-refractivity contribution in [1.29, 1.82) is 0 Å². The summed E-state index contributed by atoms with van der Waals surface area (Å²) in [5.41, 5.74) is 2.08. The zero-order chi connectivity index (χ0) is 14.5. The molecule has 0 radical (unpaired) electrons. The van der Waals surface area contributed by atoms with Gasteiger partial charge in [-0.05, 0) is 43.7 Å². The van der Waals surface area contributed by atoms with Crippen LogP contribution in [0.5, 0.6) is 0 Å². The van der Waals surface area contributed by atoms with E-state index in [1.54, 1.807) is 31.5 Å². The van der Waals surface area contributed by atoms with Gasteiger partial charge in [-0.15, -0.1) is 0 Å². The molecule has 0 saturated heterocycles. The van der Waals surface area contributed by atoms with Crippen molar-refractivity contribution in [2.24, 2.45) is 0 Å². The summed E-state index contributed by atoms with van der Waals surface area (Å²) >= 11 is 0. The van der Waals surface area contributed by atoms with Crippen LogP contribution in [0.25, 0.3) is 0 Å². The number of aryl methyl sites for hydroxylation is 1. The lowest BCUT2D eigenvalue weighted by atomic mass is 10.2. The molecule has 5 heteroatoms. The minimum absolute atomic E-state index is 0.265. The fraction of sp³-hybridized carbons (Fsp3) is 0.267. The first-order chi connectivity index (χ1) is 9.60. The molecule has 0 spiro atoms. The lowest BCUT2D eigenvalue weighted by Crippen LogP contribution is -2.23. The van der Waals surface area contributed by atoms with Gasteiger partial charge in [0.1, 0.15) is 5.82 Å². The molecule has 0 saturated carbocycles. The molecule has 5 nitrogen and oxygen atoms in total. The van der Waals surface area contributed by atoms with Gasteiger partial charge in [0.05, 0.1) is 5.56 Å². The minimum Gasteiger partial charge on any atom is -0.478 e. The van der Waals surface area contributed by atoms with E-state index in [2.05, 4.69) is 9.97 Å². The molecule has 2 rings (SSSR count). The maximum atomic E-state index is 11.1. The largest absolute Gasteiger partial charge is 0.478 e. The normalized spacial score (nSPS) is 10.3. The third-order valence-corrected chi connectivity index (χ3v) is 3.02. The van der Waals surface area contributed by atoms with Crippen molar-refractivity contribution in [3.63, 3.8) is 0 Å². The lowest BCUT2D eigenvalue weighted by Gasteiger charge is -2.22. The van der Waals surface area contributed by atoms with Crippen LogP contribution in [0.15, 0.2) is 36.7 Å². The number of nitrogens with zero attached hydrogens (tertiary/aromatic N) is 3. The van der Waals surface area contributed by atoms with Crippen LogP contribution in [0.2, 0.25) is 0 Å². The highest BCUT2D eigenvalue weighted by Crippen LogP contribution is 2.17. The Morgan fingerprint density at radius 2 is 2.00 bits per heavy atom. The molecule has 1 N–H and O–H groups in total. The Balaban J connectivity index is 2.29. The van der Waals surface area contributed by atoms with Crippen molar-refractivity contribution in [3.8, 4) is 0 Å². The van der Waals surface area contributed by atoms with E-state index < -0.39 is 5.97 Å². The van der Waals surface area contributed by atoms with Gasteiger partial charge in [-0.25, -0.2) is 9.78 Å². The second kappa shape index (κ2) is 6.14. The van der Waals surface area contributed by atoms with Gasteiger partial charge in [0.25, 0.3) is 0 Å². The average molecular weight is 271 g/mol. The quantitative estimate of drug-likeness (QED) is 0.905. The highest BCUT2D eigenvalue weighted by atomic mass is 16.4. The van der Waals surface area contributed by atoms with Gasteiger partial charge < -0.3 is 10.0 Å². The Kier molecular flexibility index (Phi) is 4.30. The number of carboxylic acid groups (broad SMARTS) is 1. The van der Waals surface area contributed by atoms with Gasteiger partial charge in [0.15, 0.2) is 0 Å².